The van der Waals surface area contributed by atoms with Crippen LogP contribution in [0, 0.1) is 13.8 Å². The second kappa shape index (κ2) is 6.62. The fourth-order valence-electron chi connectivity index (χ4n) is 3.40. The first kappa shape index (κ1) is 16.3. The Morgan fingerprint density at radius 3 is 2.72 bits per heavy atom. The Morgan fingerprint density at radius 2 is 2.00 bits per heavy atom. The lowest BCUT2D eigenvalue weighted by Gasteiger charge is -2.27. The summed E-state index contributed by atoms with van der Waals surface area (Å²) in [4.78, 5) is 15.3. The molecule has 1 aliphatic rings. The minimum absolute atomic E-state index is 0.726. The summed E-state index contributed by atoms with van der Waals surface area (Å²) in [5.41, 5.74) is 7.23. The van der Waals surface area contributed by atoms with Gasteiger partial charge >= 0.3 is 0 Å². The lowest BCUT2D eigenvalue weighted by Crippen LogP contribution is -2.31. The van der Waals surface area contributed by atoms with Crippen LogP contribution < -0.4 is 0 Å². The SMILES string of the molecule is Cc1cc(C)c(CN2CCc3cnc(-c4ccc(Cl)cc4)nc3C2)[nH]1. The number of H-pyrrole nitrogens is 1. The predicted octanol–water partition coefficient (Wildman–Crippen LogP) is 4.30. The standard InChI is InChI=1S/C20H21ClN4/c1-13-9-14(2)23-18(13)11-25-8-7-16-10-22-20(24-19(16)12-25)15-3-5-17(21)6-4-15/h3-6,9-10,23H,7-8,11-12H2,1-2H3. The zero-order valence-electron chi connectivity index (χ0n) is 14.5. The average Bonchev–Trinajstić information content (AvgIpc) is 2.92. The van der Waals surface area contributed by atoms with Crippen molar-refractivity contribution < 1.29 is 0 Å². The first-order valence-electron chi connectivity index (χ1n) is 8.56. The van der Waals surface area contributed by atoms with Crippen molar-refractivity contribution >= 4 is 11.6 Å². The number of nitrogens with one attached hydrogen (secondary N) is 1. The maximum Gasteiger partial charge on any atom is 0.159 e. The van der Waals surface area contributed by atoms with Crippen molar-refractivity contribution in [1.29, 1.82) is 0 Å². The second-order valence-corrected chi connectivity index (χ2v) is 7.18. The highest BCUT2D eigenvalue weighted by Gasteiger charge is 2.20. The highest BCUT2D eigenvalue weighted by Crippen LogP contribution is 2.23. The van der Waals surface area contributed by atoms with Gasteiger partial charge in [-0.05, 0) is 61.7 Å². The molecule has 1 aliphatic heterocycles. The maximum absolute atomic E-state index is 5.97. The molecule has 25 heavy (non-hydrogen) atoms. The van der Waals surface area contributed by atoms with Crippen molar-refractivity contribution in [2.75, 3.05) is 6.54 Å². The summed E-state index contributed by atoms with van der Waals surface area (Å²) in [6.07, 6.45) is 2.97. The molecule has 1 N–H and O–H groups in total. The molecular weight excluding hydrogens is 332 g/mol. The predicted molar refractivity (Wildman–Crippen MR) is 101 cm³/mol. The van der Waals surface area contributed by atoms with Crippen molar-refractivity contribution in [3.05, 3.63) is 69.8 Å². The van der Waals surface area contributed by atoms with Crippen LogP contribution in [0.25, 0.3) is 11.4 Å². The molecule has 0 saturated heterocycles. The van der Waals surface area contributed by atoms with Gasteiger partial charge in [0, 0.05) is 47.8 Å². The molecule has 0 unspecified atom stereocenters. The third-order valence-electron chi connectivity index (χ3n) is 4.77. The maximum atomic E-state index is 5.97. The summed E-state index contributed by atoms with van der Waals surface area (Å²) >= 11 is 5.97. The molecule has 3 heterocycles. The van der Waals surface area contributed by atoms with E-state index in [1.54, 1.807) is 0 Å². The smallest absolute Gasteiger partial charge is 0.159 e. The topological polar surface area (TPSA) is 44.8 Å². The normalized spacial score (nSPS) is 14.5. The Balaban J connectivity index is 1.56. The Labute approximate surface area is 152 Å². The molecule has 0 bridgehead atoms. The van der Waals surface area contributed by atoms with E-state index < -0.39 is 0 Å². The van der Waals surface area contributed by atoms with Gasteiger partial charge in [-0.2, -0.15) is 0 Å². The zero-order valence-corrected chi connectivity index (χ0v) is 15.3. The van der Waals surface area contributed by atoms with Crippen LogP contribution in [0.2, 0.25) is 5.02 Å². The van der Waals surface area contributed by atoms with Crippen LogP contribution in [-0.2, 0) is 19.5 Å². The lowest BCUT2D eigenvalue weighted by molar-refractivity contribution is 0.238. The van der Waals surface area contributed by atoms with Crippen molar-refractivity contribution in [2.45, 2.75) is 33.4 Å². The molecule has 0 spiro atoms. The largest absolute Gasteiger partial charge is 0.361 e. The van der Waals surface area contributed by atoms with Gasteiger partial charge in [0.2, 0.25) is 0 Å². The highest BCUT2D eigenvalue weighted by atomic mass is 35.5. The molecule has 0 radical (unpaired) electrons. The van der Waals surface area contributed by atoms with Crippen molar-refractivity contribution in [3.63, 3.8) is 0 Å². The second-order valence-electron chi connectivity index (χ2n) is 6.75. The van der Waals surface area contributed by atoms with Gasteiger partial charge in [0.25, 0.3) is 0 Å². The number of aromatic nitrogens is 3. The molecule has 3 aromatic rings. The van der Waals surface area contributed by atoms with Crippen LogP contribution in [-0.4, -0.2) is 26.4 Å². The zero-order chi connectivity index (χ0) is 17.4. The molecule has 1 aromatic carbocycles. The quantitative estimate of drug-likeness (QED) is 0.764. The van der Waals surface area contributed by atoms with Crippen molar-refractivity contribution in [2.24, 2.45) is 0 Å². The highest BCUT2D eigenvalue weighted by molar-refractivity contribution is 6.30. The fourth-order valence-corrected chi connectivity index (χ4v) is 3.53. The third-order valence-corrected chi connectivity index (χ3v) is 5.02. The van der Waals surface area contributed by atoms with E-state index in [-0.39, 0.29) is 0 Å². The van der Waals surface area contributed by atoms with Crippen LogP contribution in [0.3, 0.4) is 0 Å². The van der Waals surface area contributed by atoms with E-state index in [2.05, 4.69) is 34.8 Å². The van der Waals surface area contributed by atoms with Gasteiger partial charge in [-0.3, -0.25) is 4.90 Å². The van der Waals surface area contributed by atoms with Crippen LogP contribution in [0.15, 0.2) is 36.5 Å². The Bertz CT molecular complexity index is 899. The molecule has 0 aliphatic carbocycles. The number of halogens is 1. The van der Waals surface area contributed by atoms with Crippen LogP contribution >= 0.6 is 11.6 Å². The number of hydrogen-bond acceptors (Lipinski definition) is 3. The van der Waals surface area contributed by atoms with E-state index in [0.717, 1.165) is 48.2 Å². The third kappa shape index (κ3) is 3.46. The average molecular weight is 353 g/mol. The molecule has 0 fully saturated rings. The van der Waals surface area contributed by atoms with Crippen molar-refractivity contribution in [3.8, 4) is 11.4 Å². The first-order chi connectivity index (χ1) is 12.1. The summed E-state index contributed by atoms with van der Waals surface area (Å²) in [5, 5.41) is 0.726. The number of benzene rings is 1. The van der Waals surface area contributed by atoms with Gasteiger partial charge < -0.3 is 4.98 Å². The fraction of sp³-hybridized carbons (Fsp3) is 0.300. The summed E-state index contributed by atoms with van der Waals surface area (Å²) < 4.78 is 0. The van der Waals surface area contributed by atoms with Gasteiger partial charge in [0.1, 0.15) is 0 Å². The molecule has 2 aromatic heterocycles. The Hall–Kier alpha value is -2.17. The lowest BCUT2D eigenvalue weighted by atomic mass is 10.1. The van der Waals surface area contributed by atoms with Gasteiger partial charge in [-0.1, -0.05) is 11.6 Å². The van der Waals surface area contributed by atoms with E-state index in [9.17, 15) is 0 Å². The van der Waals surface area contributed by atoms with E-state index in [1.165, 1.54) is 22.5 Å². The molecule has 0 amide bonds. The van der Waals surface area contributed by atoms with Crippen molar-refractivity contribution in [1.82, 2.24) is 19.9 Å². The number of rotatable bonds is 3. The molecule has 128 valence electrons. The van der Waals surface area contributed by atoms with Gasteiger partial charge in [-0.25, -0.2) is 9.97 Å². The van der Waals surface area contributed by atoms with Crippen LogP contribution in [0.4, 0.5) is 0 Å². The van der Waals surface area contributed by atoms with Crippen LogP contribution in [0.1, 0.15) is 28.2 Å². The number of aryl methyl sites for hydroxylation is 2. The van der Waals surface area contributed by atoms with Gasteiger partial charge in [0.15, 0.2) is 5.82 Å². The summed E-state index contributed by atoms with van der Waals surface area (Å²) in [5.74, 6) is 0.768. The monoisotopic (exact) mass is 352 g/mol. The molecular formula is C20H21ClN4. The van der Waals surface area contributed by atoms with E-state index in [1.807, 2.05) is 30.5 Å². The number of hydrogen-bond donors (Lipinski definition) is 1. The number of aromatic amines is 1. The summed E-state index contributed by atoms with van der Waals surface area (Å²) in [7, 11) is 0. The molecule has 0 saturated carbocycles. The van der Waals surface area contributed by atoms with Gasteiger partial charge in [-0.15, -0.1) is 0 Å². The first-order valence-corrected chi connectivity index (χ1v) is 8.94. The van der Waals surface area contributed by atoms with Crippen LogP contribution in [0.5, 0.6) is 0 Å². The minimum Gasteiger partial charge on any atom is -0.361 e. The Kier molecular flexibility index (Phi) is 4.32. The number of fused-ring (bicyclic) bond motifs is 1. The molecule has 4 rings (SSSR count). The summed E-state index contributed by atoms with van der Waals surface area (Å²) in [6.45, 7) is 7.09. The van der Waals surface area contributed by atoms with Gasteiger partial charge in [0.05, 0.1) is 5.69 Å². The van der Waals surface area contributed by atoms with E-state index in [4.69, 9.17) is 16.6 Å². The Morgan fingerprint density at radius 1 is 1.20 bits per heavy atom. The molecule has 5 heteroatoms. The molecule has 0 atom stereocenters. The van der Waals surface area contributed by atoms with E-state index >= 15 is 0 Å². The number of nitrogens with zero attached hydrogens (tertiary/aromatic N) is 3. The minimum atomic E-state index is 0.726. The van der Waals surface area contributed by atoms with E-state index in [0.29, 0.717) is 0 Å². The summed E-state index contributed by atoms with van der Waals surface area (Å²) in [6, 6.07) is 9.89. The molecule has 4 nitrogen and oxygen atoms in total.